The van der Waals surface area contributed by atoms with Gasteiger partial charge in [-0.25, -0.2) is 0 Å². The lowest BCUT2D eigenvalue weighted by Gasteiger charge is -2.26. The molecule has 1 fully saturated rings. The minimum absolute atomic E-state index is 0.194. The van der Waals surface area contributed by atoms with Gasteiger partial charge in [-0.1, -0.05) is 38.5 Å². The van der Waals surface area contributed by atoms with Crippen LogP contribution >= 0.6 is 0 Å². The van der Waals surface area contributed by atoms with E-state index in [1.807, 2.05) is 12.1 Å². The molecule has 1 N–H and O–H groups in total. The van der Waals surface area contributed by atoms with Crippen LogP contribution < -0.4 is 5.32 Å². The molecule has 0 heterocycles. The molecule has 0 bridgehead atoms. The molecule has 0 saturated heterocycles. The summed E-state index contributed by atoms with van der Waals surface area (Å²) < 4.78 is 0. The highest BCUT2D eigenvalue weighted by atomic mass is 16.1. The van der Waals surface area contributed by atoms with Gasteiger partial charge in [0, 0.05) is 11.6 Å². The summed E-state index contributed by atoms with van der Waals surface area (Å²) in [4.78, 5) is 12.0. The smallest absolute Gasteiger partial charge is 0.176 e. The summed E-state index contributed by atoms with van der Waals surface area (Å²) in [5, 5.41) is 3.17. The van der Waals surface area contributed by atoms with Gasteiger partial charge >= 0.3 is 0 Å². The summed E-state index contributed by atoms with van der Waals surface area (Å²) in [6.07, 6.45) is 3.89. The maximum Gasteiger partial charge on any atom is 0.176 e. The van der Waals surface area contributed by atoms with Crippen molar-refractivity contribution in [3.8, 4) is 0 Å². The number of Topliss-reactive ketones (excluding diaryl/α,β-unsaturated/α-hetero) is 1. The topological polar surface area (TPSA) is 29.1 Å². The number of carbonyl (C=O) groups excluding carboxylic acids is 1. The average Bonchev–Trinajstić information content (AvgIpc) is 2.24. The van der Waals surface area contributed by atoms with Gasteiger partial charge in [0.2, 0.25) is 0 Å². The number of benzene rings is 1. The molecule has 92 valence electrons. The average molecular weight is 231 g/mol. The van der Waals surface area contributed by atoms with Gasteiger partial charge in [0.1, 0.15) is 0 Å². The number of carbonyl (C=O) groups is 1. The van der Waals surface area contributed by atoms with Crippen LogP contribution in [-0.2, 0) is 0 Å². The minimum Gasteiger partial charge on any atom is -0.307 e. The Hall–Kier alpha value is -1.15. The minimum atomic E-state index is 0.194. The summed E-state index contributed by atoms with van der Waals surface area (Å²) in [7, 11) is 0. The van der Waals surface area contributed by atoms with E-state index in [2.05, 4.69) is 31.3 Å². The van der Waals surface area contributed by atoms with Gasteiger partial charge < -0.3 is 5.32 Å². The van der Waals surface area contributed by atoms with Crippen molar-refractivity contribution in [2.24, 2.45) is 0 Å². The summed E-state index contributed by atoms with van der Waals surface area (Å²) in [5.74, 6) is 0.890. The molecule has 0 aromatic heterocycles. The van der Waals surface area contributed by atoms with Crippen LogP contribution in [0.3, 0.4) is 0 Å². The van der Waals surface area contributed by atoms with E-state index in [1.165, 1.54) is 24.8 Å². The van der Waals surface area contributed by atoms with Crippen LogP contribution in [0.25, 0.3) is 0 Å². The lowest BCUT2D eigenvalue weighted by molar-refractivity contribution is 0.0988. The van der Waals surface area contributed by atoms with Crippen molar-refractivity contribution in [2.75, 3.05) is 6.54 Å². The lowest BCUT2D eigenvalue weighted by Crippen LogP contribution is -2.29. The van der Waals surface area contributed by atoms with Crippen LogP contribution in [0.15, 0.2) is 24.3 Å². The highest BCUT2D eigenvalue weighted by molar-refractivity contribution is 5.97. The third kappa shape index (κ3) is 3.16. The summed E-state index contributed by atoms with van der Waals surface area (Å²) in [6.45, 7) is 4.54. The zero-order valence-corrected chi connectivity index (χ0v) is 10.7. The monoisotopic (exact) mass is 231 g/mol. The molecule has 1 aromatic carbocycles. The molecule has 1 aromatic rings. The third-order valence-electron chi connectivity index (χ3n) is 3.46. The lowest BCUT2D eigenvalue weighted by atomic mass is 9.79. The molecule has 0 unspecified atom stereocenters. The van der Waals surface area contributed by atoms with Gasteiger partial charge in [-0.2, -0.15) is 0 Å². The van der Waals surface area contributed by atoms with E-state index in [9.17, 15) is 4.79 Å². The SMILES string of the molecule is CC(C)NCC(=O)c1cccc(C2CCC2)c1. The summed E-state index contributed by atoms with van der Waals surface area (Å²) in [6, 6.07) is 8.52. The number of ketones is 1. The van der Waals surface area contributed by atoms with E-state index in [0.717, 1.165) is 5.56 Å². The van der Waals surface area contributed by atoms with Gasteiger partial charge in [0.15, 0.2) is 5.78 Å². The molecule has 1 aliphatic rings. The number of hydrogen-bond donors (Lipinski definition) is 1. The molecule has 2 nitrogen and oxygen atoms in total. The zero-order chi connectivity index (χ0) is 12.3. The van der Waals surface area contributed by atoms with Gasteiger partial charge in [-0.05, 0) is 30.4 Å². The fourth-order valence-electron chi connectivity index (χ4n) is 2.11. The highest BCUT2D eigenvalue weighted by Crippen LogP contribution is 2.36. The molecule has 17 heavy (non-hydrogen) atoms. The summed E-state index contributed by atoms with van der Waals surface area (Å²) >= 11 is 0. The molecule has 0 spiro atoms. The number of rotatable bonds is 5. The fraction of sp³-hybridized carbons (Fsp3) is 0.533. The van der Waals surface area contributed by atoms with Crippen LogP contribution in [-0.4, -0.2) is 18.4 Å². The number of nitrogens with one attached hydrogen (secondary N) is 1. The first-order chi connectivity index (χ1) is 8.16. The van der Waals surface area contributed by atoms with Crippen molar-refractivity contribution in [2.45, 2.75) is 45.1 Å². The van der Waals surface area contributed by atoms with Crippen LogP contribution in [0.4, 0.5) is 0 Å². The molecule has 2 heteroatoms. The van der Waals surface area contributed by atoms with Crippen molar-refractivity contribution >= 4 is 5.78 Å². The van der Waals surface area contributed by atoms with Crippen molar-refractivity contribution in [3.63, 3.8) is 0 Å². The molecular weight excluding hydrogens is 210 g/mol. The molecule has 0 amide bonds. The van der Waals surface area contributed by atoms with E-state index in [1.54, 1.807) is 0 Å². The Labute approximate surface area is 103 Å². The Morgan fingerprint density at radius 2 is 2.18 bits per heavy atom. The molecule has 0 atom stereocenters. The first kappa shape index (κ1) is 12.3. The van der Waals surface area contributed by atoms with Crippen molar-refractivity contribution in [1.82, 2.24) is 5.32 Å². The zero-order valence-electron chi connectivity index (χ0n) is 10.7. The largest absolute Gasteiger partial charge is 0.307 e. The van der Waals surface area contributed by atoms with Crippen LogP contribution in [0.5, 0.6) is 0 Å². The molecule has 0 aliphatic heterocycles. The van der Waals surface area contributed by atoms with Crippen molar-refractivity contribution < 1.29 is 4.79 Å². The van der Waals surface area contributed by atoms with Crippen LogP contribution in [0, 0.1) is 0 Å². The van der Waals surface area contributed by atoms with Crippen LogP contribution in [0.2, 0.25) is 0 Å². The van der Waals surface area contributed by atoms with Crippen molar-refractivity contribution in [3.05, 3.63) is 35.4 Å². The predicted octanol–water partition coefficient (Wildman–Crippen LogP) is 3.13. The van der Waals surface area contributed by atoms with E-state index >= 15 is 0 Å². The molecular formula is C15H21NO. The first-order valence-electron chi connectivity index (χ1n) is 6.53. The Bertz CT molecular complexity index is 394. The van der Waals surface area contributed by atoms with Gasteiger partial charge in [-0.15, -0.1) is 0 Å². The Balaban J connectivity index is 2.02. The van der Waals surface area contributed by atoms with Gasteiger partial charge in [0.05, 0.1) is 6.54 Å². The normalized spacial score (nSPS) is 15.9. The maximum absolute atomic E-state index is 12.0. The molecule has 2 rings (SSSR count). The Morgan fingerprint density at radius 3 is 2.76 bits per heavy atom. The standard InChI is InChI=1S/C15H21NO/c1-11(2)16-10-15(17)14-8-4-7-13(9-14)12-5-3-6-12/h4,7-9,11-12,16H,3,5-6,10H2,1-2H3. The predicted molar refractivity (Wildman–Crippen MR) is 70.5 cm³/mol. The van der Waals surface area contributed by atoms with E-state index in [4.69, 9.17) is 0 Å². The third-order valence-corrected chi connectivity index (χ3v) is 3.46. The van der Waals surface area contributed by atoms with E-state index in [0.29, 0.717) is 18.5 Å². The summed E-state index contributed by atoms with van der Waals surface area (Å²) in [5.41, 5.74) is 2.19. The Kier molecular flexibility index (Phi) is 3.95. The second-order valence-electron chi connectivity index (χ2n) is 5.21. The van der Waals surface area contributed by atoms with Crippen molar-refractivity contribution in [1.29, 1.82) is 0 Å². The fourth-order valence-corrected chi connectivity index (χ4v) is 2.11. The Morgan fingerprint density at radius 1 is 1.41 bits per heavy atom. The quantitative estimate of drug-likeness (QED) is 0.789. The van der Waals surface area contributed by atoms with Gasteiger partial charge in [0.25, 0.3) is 0 Å². The second kappa shape index (κ2) is 5.46. The second-order valence-corrected chi connectivity index (χ2v) is 5.21. The molecule has 1 aliphatic carbocycles. The van der Waals surface area contributed by atoms with Crippen LogP contribution in [0.1, 0.15) is 54.9 Å². The maximum atomic E-state index is 12.0. The van der Waals surface area contributed by atoms with Gasteiger partial charge in [-0.3, -0.25) is 4.79 Å². The first-order valence-corrected chi connectivity index (χ1v) is 6.53. The molecule has 1 saturated carbocycles. The number of hydrogen-bond acceptors (Lipinski definition) is 2. The van der Waals surface area contributed by atoms with E-state index in [-0.39, 0.29) is 5.78 Å². The molecule has 0 radical (unpaired) electrons. The van der Waals surface area contributed by atoms with E-state index < -0.39 is 0 Å². The highest BCUT2D eigenvalue weighted by Gasteiger charge is 2.20.